The third kappa shape index (κ3) is 2.38. The smallest absolute Gasteiger partial charge is 0.312 e. The van der Waals surface area contributed by atoms with Gasteiger partial charge in [0.25, 0.3) is 0 Å². The Labute approximate surface area is 115 Å². The molecular weight excluding hydrogens is 259 g/mol. The van der Waals surface area contributed by atoms with Crippen LogP contribution in [0.2, 0.25) is 0 Å². The topological polar surface area (TPSA) is 78.9 Å². The van der Waals surface area contributed by atoms with Crippen LogP contribution in [0.4, 0.5) is 10.2 Å². The summed E-state index contributed by atoms with van der Waals surface area (Å²) < 4.78 is 13.3. The van der Waals surface area contributed by atoms with Gasteiger partial charge in [-0.15, -0.1) is 0 Å². The molecule has 104 valence electrons. The Bertz CT molecular complexity index is 702. The van der Waals surface area contributed by atoms with Crippen molar-refractivity contribution in [2.75, 3.05) is 11.9 Å². The molecule has 2 N–H and O–H groups in total. The highest BCUT2D eigenvalue weighted by atomic mass is 19.1. The number of fused-ring (bicyclic) bond motifs is 1. The molecule has 0 bridgehead atoms. The lowest BCUT2D eigenvalue weighted by Crippen LogP contribution is -2.15. The number of nitrogens with zero attached hydrogens (tertiary/aromatic N) is 4. The van der Waals surface area contributed by atoms with Gasteiger partial charge in [-0.3, -0.25) is 4.99 Å². The van der Waals surface area contributed by atoms with Crippen LogP contribution in [0.3, 0.4) is 0 Å². The molecule has 20 heavy (non-hydrogen) atoms. The number of H-pyrrole nitrogens is 1. The zero-order valence-electron chi connectivity index (χ0n) is 11.3. The molecule has 0 fully saturated rings. The van der Waals surface area contributed by atoms with Crippen LogP contribution in [-0.4, -0.2) is 38.7 Å². The average Bonchev–Trinajstić information content (AvgIpc) is 2.85. The van der Waals surface area contributed by atoms with Crippen molar-refractivity contribution in [2.45, 2.75) is 26.3 Å². The first-order valence-corrected chi connectivity index (χ1v) is 6.46. The van der Waals surface area contributed by atoms with E-state index in [0.717, 1.165) is 12.0 Å². The van der Waals surface area contributed by atoms with Gasteiger partial charge in [-0.25, -0.2) is 4.98 Å². The summed E-state index contributed by atoms with van der Waals surface area (Å²) in [5.74, 6) is 0.414. The molecule has 7 heteroatoms. The minimum atomic E-state index is -0.788. The van der Waals surface area contributed by atoms with Gasteiger partial charge >= 0.3 is 6.08 Å². The summed E-state index contributed by atoms with van der Waals surface area (Å²) in [6, 6.07) is 0.328. The van der Waals surface area contributed by atoms with Crippen molar-refractivity contribution in [3.05, 3.63) is 23.6 Å². The largest absolute Gasteiger partial charge is 0.364 e. The first-order chi connectivity index (χ1) is 9.63. The summed E-state index contributed by atoms with van der Waals surface area (Å²) in [6.07, 6.45) is 3.50. The van der Waals surface area contributed by atoms with Crippen LogP contribution in [-0.2, 0) is 0 Å². The molecule has 1 aliphatic heterocycles. The Morgan fingerprint density at radius 1 is 1.45 bits per heavy atom. The summed E-state index contributed by atoms with van der Waals surface area (Å²) in [4.78, 5) is 18.6. The number of hydrogen-bond donors (Lipinski definition) is 2. The second-order valence-corrected chi connectivity index (χ2v) is 4.93. The molecule has 1 aliphatic rings. The van der Waals surface area contributed by atoms with Gasteiger partial charge in [-0.05, 0) is 25.8 Å². The van der Waals surface area contributed by atoms with Crippen LogP contribution >= 0.6 is 0 Å². The van der Waals surface area contributed by atoms with Gasteiger partial charge < -0.3 is 10.3 Å². The first-order valence-electron chi connectivity index (χ1n) is 6.46. The van der Waals surface area contributed by atoms with Gasteiger partial charge in [-0.1, -0.05) is 5.57 Å². The monoisotopic (exact) mass is 274 g/mol. The van der Waals surface area contributed by atoms with Crippen LogP contribution in [0.25, 0.3) is 11.2 Å². The van der Waals surface area contributed by atoms with Crippen molar-refractivity contribution in [3.63, 3.8) is 0 Å². The molecule has 1 atom stereocenters. The summed E-state index contributed by atoms with van der Waals surface area (Å²) >= 11 is 0. The van der Waals surface area contributed by atoms with E-state index >= 15 is 0 Å². The lowest BCUT2D eigenvalue weighted by atomic mass is 10.0. The average molecular weight is 274 g/mol. The predicted molar refractivity (Wildman–Crippen MR) is 75.4 cm³/mol. The van der Waals surface area contributed by atoms with Gasteiger partial charge in [0.1, 0.15) is 5.52 Å². The molecule has 0 spiro atoms. The Kier molecular flexibility index (Phi) is 3.17. The Balaban J connectivity index is 1.82. The number of nitrogens with one attached hydrogen (secondary N) is 2. The van der Waals surface area contributed by atoms with E-state index in [1.165, 1.54) is 11.9 Å². The second-order valence-electron chi connectivity index (χ2n) is 4.93. The summed E-state index contributed by atoms with van der Waals surface area (Å²) in [7, 11) is 0. The number of dihydropyridines is 1. The van der Waals surface area contributed by atoms with Crippen LogP contribution in [0.15, 0.2) is 22.5 Å². The fourth-order valence-electron chi connectivity index (χ4n) is 2.26. The molecule has 0 radical (unpaired) electrons. The quantitative estimate of drug-likeness (QED) is 0.840. The normalized spacial score (nSPS) is 18.9. The first kappa shape index (κ1) is 12.7. The van der Waals surface area contributed by atoms with Gasteiger partial charge in [0.15, 0.2) is 11.5 Å². The molecule has 0 aliphatic carbocycles. The molecule has 6 nitrogen and oxygen atoms in total. The number of aromatic nitrogens is 4. The van der Waals surface area contributed by atoms with E-state index in [9.17, 15) is 4.39 Å². The third-order valence-corrected chi connectivity index (χ3v) is 3.34. The maximum Gasteiger partial charge on any atom is 0.312 e. The van der Waals surface area contributed by atoms with E-state index < -0.39 is 6.08 Å². The number of hydrogen-bond acceptors (Lipinski definition) is 5. The molecule has 2 aromatic rings. The van der Waals surface area contributed by atoms with Gasteiger partial charge in [0, 0.05) is 12.8 Å². The van der Waals surface area contributed by atoms with Gasteiger partial charge in [0.2, 0.25) is 0 Å². The third-order valence-electron chi connectivity index (χ3n) is 3.34. The molecule has 2 aromatic heterocycles. The minimum Gasteiger partial charge on any atom is -0.364 e. The summed E-state index contributed by atoms with van der Waals surface area (Å²) in [5.41, 5.74) is 3.31. The molecule has 3 heterocycles. The number of rotatable bonds is 3. The number of halogens is 1. The second kappa shape index (κ2) is 4.99. The van der Waals surface area contributed by atoms with E-state index in [1.54, 1.807) is 0 Å². The van der Waals surface area contributed by atoms with E-state index in [1.807, 2.05) is 6.21 Å². The summed E-state index contributed by atoms with van der Waals surface area (Å²) in [5, 5.41) is 3.12. The fraction of sp³-hybridized carbons (Fsp3) is 0.385. The lowest BCUT2D eigenvalue weighted by Gasteiger charge is -2.17. The minimum absolute atomic E-state index is 0.316. The van der Waals surface area contributed by atoms with E-state index in [2.05, 4.69) is 44.1 Å². The number of aliphatic imine (C=N–C) groups is 1. The van der Waals surface area contributed by atoms with Crippen LogP contribution in [0, 0.1) is 6.08 Å². The van der Waals surface area contributed by atoms with Crippen molar-refractivity contribution >= 4 is 23.2 Å². The molecule has 3 rings (SSSR count). The molecule has 1 unspecified atom stereocenters. The standard InChI is InChI=1S/C13H15FN6/c1-7-3-8(2)15-4-9(7)5-16-11-10-12(18-6-17-10)20-13(14)19-11/h4,6,8H,3,5H2,1-2H3,(H2,16,17,18,19,20). The molecule has 0 saturated heterocycles. The summed E-state index contributed by atoms with van der Waals surface area (Å²) in [6.45, 7) is 4.72. The Morgan fingerprint density at radius 3 is 3.10 bits per heavy atom. The maximum absolute atomic E-state index is 13.3. The van der Waals surface area contributed by atoms with E-state index in [4.69, 9.17) is 0 Å². The highest BCUT2D eigenvalue weighted by Gasteiger charge is 2.13. The maximum atomic E-state index is 13.3. The van der Waals surface area contributed by atoms with Crippen LogP contribution < -0.4 is 5.32 Å². The number of aromatic amines is 1. The molecule has 0 aromatic carbocycles. The molecule has 0 amide bonds. The SMILES string of the molecule is CC1=C(CNc2nc(F)nc3nc[nH]c23)C=NC(C)C1. The fourth-order valence-corrected chi connectivity index (χ4v) is 2.26. The highest BCUT2D eigenvalue weighted by molar-refractivity contribution is 5.85. The number of imidazole rings is 1. The Hall–Kier alpha value is -2.31. The van der Waals surface area contributed by atoms with Crippen LogP contribution in [0.1, 0.15) is 20.3 Å². The lowest BCUT2D eigenvalue weighted by molar-refractivity contribution is 0.545. The van der Waals surface area contributed by atoms with Crippen molar-refractivity contribution in [1.82, 2.24) is 19.9 Å². The van der Waals surface area contributed by atoms with Crippen molar-refractivity contribution in [2.24, 2.45) is 4.99 Å². The number of anilines is 1. The molecular formula is C13H15FN6. The van der Waals surface area contributed by atoms with Gasteiger partial charge in [0.05, 0.1) is 12.4 Å². The highest BCUT2D eigenvalue weighted by Crippen LogP contribution is 2.19. The predicted octanol–water partition coefficient (Wildman–Crippen LogP) is 2.08. The van der Waals surface area contributed by atoms with Crippen molar-refractivity contribution in [1.29, 1.82) is 0 Å². The molecule has 0 saturated carbocycles. The van der Waals surface area contributed by atoms with Gasteiger partial charge in [-0.2, -0.15) is 14.4 Å². The van der Waals surface area contributed by atoms with Crippen molar-refractivity contribution < 1.29 is 4.39 Å². The zero-order valence-corrected chi connectivity index (χ0v) is 11.3. The van der Waals surface area contributed by atoms with Crippen LogP contribution in [0.5, 0.6) is 0 Å². The zero-order chi connectivity index (χ0) is 14.1. The van der Waals surface area contributed by atoms with E-state index in [0.29, 0.717) is 29.6 Å². The van der Waals surface area contributed by atoms with E-state index in [-0.39, 0.29) is 0 Å². The Morgan fingerprint density at radius 2 is 2.30 bits per heavy atom. The van der Waals surface area contributed by atoms with Crippen molar-refractivity contribution in [3.8, 4) is 0 Å².